The minimum atomic E-state index is -0.605. The average Bonchev–Trinajstić information content (AvgIpc) is 3.28. The lowest BCUT2D eigenvalue weighted by Gasteiger charge is -2.07. The van der Waals surface area contributed by atoms with Gasteiger partial charge in [-0.15, -0.1) is 0 Å². The lowest BCUT2D eigenvalue weighted by atomic mass is 10.1. The molecular formula is C18H14N6O3. The van der Waals surface area contributed by atoms with E-state index in [1.54, 1.807) is 4.40 Å². The predicted octanol–water partition coefficient (Wildman–Crippen LogP) is 2.74. The van der Waals surface area contributed by atoms with Crippen LogP contribution < -0.4 is 5.32 Å². The van der Waals surface area contributed by atoms with E-state index in [4.69, 9.17) is 0 Å². The molecule has 0 aliphatic heterocycles. The second-order valence-corrected chi connectivity index (χ2v) is 5.78. The Morgan fingerprint density at radius 3 is 2.59 bits per heavy atom. The molecule has 0 aliphatic carbocycles. The maximum Gasteiger partial charge on any atom is 0.389 e. The molecular weight excluding hydrogens is 348 g/mol. The molecule has 4 aromatic rings. The van der Waals surface area contributed by atoms with Crippen molar-refractivity contribution in [3.05, 3.63) is 77.1 Å². The molecule has 0 fully saturated rings. The Balaban J connectivity index is 1.66. The number of anilines is 1. The molecule has 0 aliphatic rings. The molecule has 3 aromatic heterocycles. The van der Waals surface area contributed by atoms with Crippen molar-refractivity contribution < 1.29 is 9.72 Å². The second-order valence-electron chi connectivity index (χ2n) is 5.78. The zero-order valence-corrected chi connectivity index (χ0v) is 14.0. The van der Waals surface area contributed by atoms with Crippen LogP contribution in [-0.2, 0) is 11.3 Å². The summed E-state index contributed by atoms with van der Waals surface area (Å²) in [6, 6.07) is 16.3. The molecule has 3 heterocycles. The van der Waals surface area contributed by atoms with Crippen molar-refractivity contribution in [2.75, 3.05) is 5.32 Å². The first kappa shape index (κ1) is 16.5. The van der Waals surface area contributed by atoms with Gasteiger partial charge in [-0.05, 0) is 17.1 Å². The number of nitro groups is 1. The highest BCUT2D eigenvalue weighted by Gasteiger charge is 2.18. The van der Waals surface area contributed by atoms with Crippen molar-refractivity contribution in [2.45, 2.75) is 6.54 Å². The smallest absolute Gasteiger partial charge is 0.358 e. The van der Waals surface area contributed by atoms with Crippen LogP contribution in [0.3, 0.4) is 0 Å². The van der Waals surface area contributed by atoms with Crippen molar-refractivity contribution >= 4 is 23.2 Å². The first-order chi connectivity index (χ1) is 13.1. The van der Waals surface area contributed by atoms with Gasteiger partial charge in [0, 0.05) is 11.8 Å². The fourth-order valence-electron chi connectivity index (χ4n) is 2.77. The van der Waals surface area contributed by atoms with Crippen molar-refractivity contribution in [2.24, 2.45) is 0 Å². The van der Waals surface area contributed by atoms with Crippen LogP contribution in [0.4, 0.5) is 11.6 Å². The summed E-state index contributed by atoms with van der Waals surface area (Å²) in [4.78, 5) is 27.2. The summed E-state index contributed by atoms with van der Waals surface area (Å²) in [5, 5.41) is 17.3. The van der Waals surface area contributed by atoms with Crippen LogP contribution in [0.25, 0.3) is 16.9 Å². The van der Waals surface area contributed by atoms with Gasteiger partial charge in [0.25, 0.3) is 0 Å². The summed E-state index contributed by atoms with van der Waals surface area (Å²) in [5.41, 5.74) is 2.20. The van der Waals surface area contributed by atoms with Crippen LogP contribution in [0, 0.1) is 10.1 Å². The van der Waals surface area contributed by atoms with Gasteiger partial charge in [0.2, 0.25) is 5.91 Å². The van der Waals surface area contributed by atoms with Gasteiger partial charge in [-0.3, -0.25) is 9.20 Å². The number of imidazole rings is 1. The van der Waals surface area contributed by atoms with Crippen molar-refractivity contribution in [1.82, 2.24) is 19.2 Å². The average molecular weight is 362 g/mol. The van der Waals surface area contributed by atoms with E-state index in [2.05, 4.69) is 15.4 Å². The number of hydrogen-bond donors (Lipinski definition) is 1. The van der Waals surface area contributed by atoms with E-state index in [9.17, 15) is 14.9 Å². The largest absolute Gasteiger partial charge is 0.389 e. The van der Waals surface area contributed by atoms with Crippen LogP contribution in [0.5, 0.6) is 0 Å². The van der Waals surface area contributed by atoms with E-state index in [1.807, 2.05) is 54.7 Å². The number of nitrogens with one attached hydrogen (secondary N) is 1. The van der Waals surface area contributed by atoms with E-state index < -0.39 is 4.92 Å². The number of hydrogen-bond acceptors (Lipinski definition) is 5. The molecule has 1 N–H and O–H groups in total. The zero-order chi connectivity index (χ0) is 18.8. The SMILES string of the molecule is O=C(Cn1ccc([N+](=O)[O-])n1)Nc1c(-c2ccccc2)nc2ccccn12. The van der Waals surface area contributed by atoms with Gasteiger partial charge < -0.3 is 15.4 Å². The Hall–Kier alpha value is -4.01. The third-order valence-corrected chi connectivity index (χ3v) is 3.95. The molecule has 4 rings (SSSR count). The van der Waals surface area contributed by atoms with Gasteiger partial charge in [-0.2, -0.15) is 4.68 Å². The third-order valence-electron chi connectivity index (χ3n) is 3.95. The second kappa shape index (κ2) is 6.71. The maximum absolute atomic E-state index is 12.5. The molecule has 0 bridgehead atoms. The minimum absolute atomic E-state index is 0.151. The Kier molecular flexibility index (Phi) is 4.09. The van der Waals surface area contributed by atoms with Crippen molar-refractivity contribution in [1.29, 1.82) is 0 Å². The van der Waals surface area contributed by atoms with Crippen molar-refractivity contribution in [3.63, 3.8) is 0 Å². The van der Waals surface area contributed by atoms with E-state index in [0.717, 1.165) is 5.56 Å². The van der Waals surface area contributed by atoms with Crippen LogP contribution in [0.2, 0.25) is 0 Å². The summed E-state index contributed by atoms with van der Waals surface area (Å²) in [6.07, 6.45) is 3.20. The van der Waals surface area contributed by atoms with E-state index >= 15 is 0 Å². The highest BCUT2D eigenvalue weighted by atomic mass is 16.6. The van der Waals surface area contributed by atoms with Crippen molar-refractivity contribution in [3.8, 4) is 11.3 Å². The molecule has 9 nitrogen and oxygen atoms in total. The number of pyridine rings is 1. The Morgan fingerprint density at radius 1 is 1.07 bits per heavy atom. The van der Waals surface area contributed by atoms with Gasteiger partial charge in [0.05, 0.1) is 17.4 Å². The van der Waals surface area contributed by atoms with Gasteiger partial charge in [0.15, 0.2) is 0 Å². The quantitative estimate of drug-likeness (QED) is 0.434. The van der Waals surface area contributed by atoms with Gasteiger partial charge in [-0.25, -0.2) is 4.98 Å². The molecule has 1 amide bonds. The highest BCUT2D eigenvalue weighted by molar-refractivity contribution is 5.94. The fourth-order valence-corrected chi connectivity index (χ4v) is 2.77. The monoisotopic (exact) mass is 362 g/mol. The van der Waals surface area contributed by atoms with Crippen LogP contribution in [0.15, 0.2) is 67.0 Å². The summed E-state index contributed by atoms with van der Waals surface area (Å²) < 4.78 is 3.00. The number of aromatic nitrogens is 4. The van der Waals surface area contributed by atoms with E-state index in [0.29, 0.717) is 17.2 Å². The van der Waals surface area contributed by atoms with E-state index in [1.165, 1.54) is 16.9 Å². The molecule has 134 valence electrons. The number of benzene rings is 1. The number of carbonyl (C=O) groups excluding carboxylic acids is 1. The Bertz CT molecular complexity index is 1130. The molecule has 0 radical (unpaired) electrons. The molecule has 0 saturated carbocycles. The lowest BCUT2D eigenvalue weighted by Crippen LogP contribution is -2.20. The van der Waals surface area contributed by atoms with Crippen LogP contribution in [0.1, 0.15) is 0 Å². The standard InChI is InChI=1S/C18H14N6O3/c25-16(12-22-11-9-15(21-22)24(26)27)20-18-17(13-6-2-1-3-7-13)19-14-8-4-5-10-23(14)18/h1-11H,12H2,(H,20,25). The maximum atomic E-state index is 12.5. The topological polar surface area (TPSA) is 107 Å². The van der Waals surface area contributed by atoms with Gasteiger partial charge >= 0.3 is 5.82 Å². The summed E-state index contributed by atoms with van der Waals surface area (Å²) in [7, 11) is 0. The number of carbonyl (C=O) groups is 1. The highest BCUT2D eigenvalue weighted by Crippen LogP contribution is 2.28. The molecule has 27 heavy (non-hydrogen) atoms. The predicted molar refractivity (Wildman–Crippen MR) is 98.1 cm³/mol. The molecule has 1 aromatic carbocycles. The summed E-state index contributed by atoms with van der Waals surface area (Å²) >= 11 is 0. The number of fused-ring (bicyclic) bond motifs is 1. The number of amides is 1. The normalized spacial score (nSPS) is 10.8. The first-order valence-corrected chi connectivity index (χ1v) is 8.12. The number of nitrogens with zero attached hydrogens (tertiary/aromatic N) is 5. The van der Waals surface area contributed by atoms with Crippen LogP contribution >= 0.6 is 0 Å². The number of rotatable bonds is 5. The Morgan fingerprint density at radius 2 is 1.85 bits per heavy atom. The summed E-state index contributed by atoms with van der Waals surface area (Å²) in [6.45, 7) is -0.151. The summed E-state index contributed by atoms with van der Waals surface area (Å²) in [5.74, 6) is -0.137. The van der Waals surface area contributed by atoms with Crippen LogP contribution in [-0.4, -0.2) is 30.0 Å². The molecule has 0 unspecified atom stereocenters. The molecule has 0 spiro atoms. The van der Waals surface area contributed by atoms with Gasteiger partial charge in [0.1, 0.15) is 23.7 Å². The zero-order valence-electron chi connectivity index (χ0n) is 14.0. The minimum Gasteiger partial charge on any atom is -0.358 e. The van der Waals surface area contributed by atoms with E-state index in [-0.39, 0.29) is 18.3 Å². The molecule has 0 saturated heterocycles. The van der Waals surface area contributed by atoms with Gasteiger partial charge in [-0.1, -0.05) is 36.4 Å². The molecule has 9 heteroatoms. The molecule has 0 atom stereocenters. The lowest BCUT2D eigenvalue weighted by molar-refractivity contribution is -0.389. The first-order valence-electron chi connectivity index (χ1n) is 8.12. The fraction of sp³-hybridized carbons (Fsp3) is 0.0556. The Labute approximate surface area is 153 Å². The third kappa shape index (κ3) is 3.25.